The minimum atomic E-state index is -1.26. The zero-order valence-electron chi connectivity index (χ0n) is 36.2. The van der Waals surface area contributed by atoms with Crippen molar-refractivity contribution in [2.75, 3.05) is 0 Å². The van der Waals surface area contributed by atoms with Crippen LogP contribution in [0.1, 0.15) is 22.3 Å². The molecule has 11 aromatic rings. The average molecular weight is 946 g/mol. The Morgan fingerprint density at radius 3 is 1.54 bits per heavy atom. The monoisotopic (exact) mass is 948 g/mol. The summed E-state index contributed by atoms with van der Waals surface area (Å²) in [6, 6.07) is 89.9. The van der Waals surface area contributed by atoms with Gasteiger partial charge in [0.05, 0.1) is 0 Å². The van der Waals surface area contributed by atoms with E-state index in [-0.39, 0.29) is 0 Å². The van der Waals surface area contributed by atoms with Gasteiger partial charge in [-0.05, 0) is 0 Å². The normalized spacial score (nSPS) is 13.5. The molecule has 0 N–H and O–H groups in total. The molecule has 13 rings (SSSR count). The maximum atomic E-state index is 2.54. The standard InChI is InChI=1S/C63H44Ge2/c64-58-36-11-8-24-45(58)41-19-13-18-40(38-41)44-27-14-29-49-55(44)39-56-46(52-32-17-33-53-48-26-9-12-37-59(48)65-62(52)53)28-15-30-50(56)60(49)54-34-16-31-51-47-25-7-10-35-57(47)63(61(51)54,42-20-3-1-4-21-42)43-22-5-2-6-23-43/h1-39H,65H2,64H3. The van der Waals surface area contributed by atoms with E-state index in [1.807, 2.05) is 0 Å². The van der Waals surface area contributed by atoms with E-state index in [0.29, 0.717) is 16.5 Å². The number of benzene rings is 11. The maximum absolute atomic E-state index is 2.54. The fraction of sp³-hybridized carbons (Fsp3) is 0.0159. The van der Waals surface area contributed by atoms with Crippen molar-refractivity contribution in [3.63, 3.8) is 0 Å². The van der Waals surface area contributed by atoms with Crippen LogP contribution in [0, 0.1) is 0 Å². The van der Waals surface area contributed by atoms with Gasteiger partial charge in [-0.25, -0.2) is 0 Å². The summed E-state index contributed by atoms with van der Waals surface area (Å²) in [6.07, 6.45) is 0. The van der Waals surface area contributed by atoms with Crippen molar-refractivity contribution in [1.82, 2.24) is 0 Å². The summed E-state index contributed by atoms with van der Waals surface area (Å²) in [6.45, 7) is 0. The van der Waals surface area contributed by atoms with Crippen LogP contribution in [0.2, 0.25) is 0 Å². The number of fused-ring (bicyclic) bond motifs is 8. The minimum absolute atomic E-state index is 0.555. The Bertz CT molecular complexity index is 3660. The van der Waals surface area contributed by atoms with Gasteiger partial charge in [0.15, 0.2) is 0 Å². The van der Waals surface area contributed by atoms with Crippen LogP contribution >= 0.6 is 0 Å². The molecule has 0 spiro atoms. The molecule has 0 unspecified atom stereocenters. The van der Waals surface area contributed by atoms with Crippen molar-refractivity contribution < 1.29 is 0 Å². The van der Waals surface area contributed by atoms with Crippen molar-refractivity contribution in [2.24, 2.45) is 0 Å². The molecule has 0 radical (unpaired) electrons. The SMILES string of the molecule is [GeH3][c]1ccccc1-c1cccc(-c2cccc3c(-c4cccc5c4C(c4ccccc4)(c4ccccc4)c4ccccc4-5)c4cccc(-c5cccc6[c]5[GeH2][c]5ccccc5-6)c4cc23)c1. The second kappa shape index (κ2) is 15.3. The predicted molar refractivity (Wildman–Crippen MR) is 283 cm³/mol. The first kappa shape index (κ1) is 38.5. The molecular weight excluding hydrogens is 902 g/mol. The molecule has 0 aromatic heterocycles. The van der Waals surface area contributed by atoms with Gasteiger partial charge in [-0.15, -0.1) is 0 Å². The van der Waals surface area contributed by atoms with E-state index in [9.17, 15) is 0 Å². The molecule has 65 heavy (non-hydrogen) atoms. The Morgan fingerprint density at radius 2 is 0.815 bits per heavy atom. The molecule has 304 valence electrons. The van der Waals surface area contributed by atoms with Gasteiger partial charge in [0.1, 0.15) is 0 Å². The van der Waals surface area contributed by atoms with E-state index in [0.717, 1.165) is 0 Å². The number of hydrogen-bond donors (Lipinski definition) is 0. The van der Waals surface area contributed by atoms with Gasteiger partial charge in [-0.3, -0.25) is 0 Å². The van der Waals surface area contributed by atoms with Gasteiger partial charge in [0.25, 0.3) is 0 Å². The second-order valence-electron chi connectivity index (χ2n) is 17.9. The zero-order valence-corrected chi connectivity index (χ0v) is 43.4. The topological polar surface area (TPSA) is 0 Å². The van der Waals surface area contributed by atoms with Gasteiger partial charge < -0.3 is 0 Å². The van der Waals surface area contributed by atoms with Crippen molar-refractivity contribution in [2.45, 2.75) is 5.41 Å². The van der Waals surface area contributed by atoms with Crippen LogP contribution in [0.5, 0.6) is 0 Å². The van der Waals surface area contributed by atoms with Gasteiger partial charge >= 0.3 is 386 Å². The third-order valence-corrected chi connectivity index (χ3v) is 20.8. The van der Waals surface area contributed by atoms with Crippen molar-refractivity contribution >= 4 is 66.7 Å². The van der Waals surface area contributed by atoms with E-state index in [1.165, 1.54) is 115 Å². The molecule has 0 nitrogen and oxygen atoms in total. The van der Waals surface area contributed by atoms with Crippen LogP contribution < -0.4 is 13.2 Å². The summed E-state index contributed by atoms with van der Waals surface area (Å²) in [7, 11) is 0. The fourth-order valence-electron chi connectivity index (χ4n) is 11.8. The van der Waals surface area contributed by atoms with E-state index in [1.54, 1.807) is 8.79 Å². The summed E-state index contributed by atoms with van der Waals surface area (Å²) < 4.78 is 4.66. The Kier molecular flexibility index (Phi) is 9.08. The Morgan fingerprint density at radius 1 is 0.323 bits per heavy atom. The average Bonchev–Trinajstić information content (AvgIpc) is 3.91. The first-order chi connectivity index (χ1) is 32.2. The number of rotatable bonds is 6. The molecule has 2 aliphatic rings. The molecule has 0 atom stereocenters. The molecule has 0 saturated carbocycles. The van der Waals surface area contributed by atoms with Gasteiger partial charge in [-0.1, -0.05) is 12.1 Å². The quantitative estimate of drug-likeness (QED) is 0.115. The van der Waals surface area contributed by atoms with Crippen molar-refractivity contribution in [3.8, 4) is 66.8 Å². The van der Waals surface area contributed by atoms with Gasteiger partial charge in [0, 0.05) is 0 Å². The first-order valence-electron chi connectivity index (χ1n) is 22.9. The molecule has 1 aliphatic carbocycles. The number of hydrogen-bond acceptors (Lipinski definition) is 0. The van der Waals surface area contributed by atoms with Crippen LogP contribution in [0.15, 0.2) is 237 Å². The van der Waals surface area contributed by atoms with Gasteiger partial charge in [0.2, 0.25) is 0 Å². The van der Waals surface area contributed by atoms with E-state index in [2.05, 4.69) is 237 Å². The van der Waals surface area contributed by atoms with E-state index in [4.69, 9.17) is 0 Å². The molecule has 1 heterocycles. The first-order valence-corrected chi connectivity index (χ1v) is 28.0. The summed E-state index contributed by atoms with van der Waals surface area (Å²) >= 11 is -0.694. The van der Waals surface area contributed by atoms with Crippen LogP contribution in [0.4, 0.5) is 0 Å². The Hall–Kier alpha value is -6.97. The summed E-state index contributed by atoms with van der Waals surface area (Å²) in [5, 5.41) is 5.13. The van der Waals surface area contributed by atoms with Crippen LogP contribution in [-0.4, -0.2) is 31.9 Å². The van der Waals surface area contributed by atoms with Crippen LogP contribution in [-0.2, 0) is 5.41 Å². The molecule has 2 heteroatoms. The Balaban J connectivity index is 1.17. The molecule has 0 amide bonds. The zero-order chi connectivity index (χ0) is 43.1. The van der Waals surface area contributed by atoms with Crippen LogP contribution in [0.3, 0.4) is 0 Å². The van der Waals surface area contributed by atoms with E-state index < -0.39 is 20.8 Å². The third-order valence-electron chi connectivity index (χ3n) is 14.6. The summed E-state index contributed by atoms with van der Waals surface area (Å²) in [5.74, 6) is 0. The van der Waals surface area contributed by atoms with Crippen molar-refractivity contribution in [1.29, 1.82) is 0 Å². The third kappa shape index (κ3) is 5.83. The predicted octanol–water partition coefficient (Wildman–Crippen LogP) is 12.1. The summed E-state index contributed by atoms with van der Waals surface area (Å²) in [5.41, 5.74) is 20.6. The van der Waals surface area contributed by atoms with Crippen molar-refractivity contribution in [3.05, 3.63) is 259 Å². The molecule has 0 bridgehead atoms. The van der Waals surface area contributed by atoms with Gasteiger partial charge in [-0.2, -0.15) is 0 Å². The summed E-state index contributed by atoms with van der Waals surface area (Å²) in [4.78, 5) is 0. The van der Waals surface area contributed by atoms with E-state index >= 15 is 0 Å². The molecule has 11 aromatic carbocycles. The van der Waals surface area contributed by atoms with Crippen LogP contribution in [0.25, 0.3) is 88.3 Å². The fourth-order valence-corrected chi connectivity index (χ4v) is 17.6. The second-order valence-corrected chi connectivity index (χ2v) is 24.0. The molecular formula is C63H44Ge2. The molecule has 1 aliphatic heterocycles. The molecule has 0 saturated heterocycles. The Labute approximate surface area is 395 Å². The molecule has 0 fully saturated rings.